The normalized spacial score (nSPS) is 25.2. The fourth-order valence-electron chi connectivity index (χ4n) is 6.80. The molecule has 2 aromatic carbocycles. The van der Waals surface area contributed by atoms with E-state index in [1.54, 1.807) is 7.11 Å². The van der Waals surface area contributed by atoms with Gasteiger partial charge in [-0.25, -0.2) is 0 Å². The Kier molecular flexibility index (Phi) is 10.3. The average Bonchev–Trinajstić information content (AvgIpc) is 3.57. The lowest BCUT2D eigenvalue weighted by Crippen LogP contribution is -2.51. The fraction of sp³-hybridized carbons (Fsp3) is 0.562. The number of rotatable bonds is 11. The van der Waals surface area contributed by atoms with Gasteiger partial charge in [0.25, 0.3) is 5.91 Å². The van der Waals surface area contributed by atoms with Crippen molar-refractivity contribution in [2.45, 2.75) is 88.9 Å². The van der Waals surface area contributed by atoms with Crippen molar-refractivity contribution in [3.63, 3.8) is 0 Å². The second kappa shape index (κ2) is 13.5. The first-order chi connectivity index (χ1) is 19.5. The van der Waals surface area contributed by atoms with Gasteiger partial charge < -0.3 is 29.9 Å². The van der Waals surface area contributed by atoms with E-state index in [9.17, 15) is 19.8 Å². The van der Waals surface area contributed by atoms with Crippen LogP contribution in [0.25, 0.3) is 0 Å². The van der Waals surface area contributed by atoms with Crippen LogP contribution in [0.2, 0.25) is 18.6 Å². The molecule has 2 saturated heterocycles. The van der Waals surface area contributed by atoms with Gasteiger partial charge in [0.1, 0.15) is 11.9 Å². The maximum absolute atomic E-state index is 13.5. The Hall–Kier alpha value is -2.72. The van der Waals surface area contributed by atoms with E-state index in [0.717, 1.165) is 37.0 Å². The standard InChI is InChI=1S/C32H46N2O6Si/c1-21-28(17-10-23-8-11-24(12-9-23)33-32(38)22(2)36)40-29(19-30(37)34-18-6-7-25(34)20-35)31(21)41(4,5)27-15-13-26(39-3)14-16-27/h8-9,11-16,21-22,25,28-29,31,35-36H,6-7,10,17-20H2,1-5H3,(H,33,38)/t21-,22-,25-,28+,29-,31+/m0/s1. The minimum atomic E-state index is -2.08. The highest BCUT2D eigenvalue weighted by atomic mass is 28.3. The third-order valence-electron chi connectivity index (χ3n) is 9.17. The number of aryl methyl sites for hydroxylation is 1. The number of hydrogen-bond donors (Lipinski definition) is 3. The number of aliphatic hydroxyl groups excluding tert-OH is 2. The second-order valence-electron chi connectivity index (χ2n) is 12.2. The molecule has 2 aliphatic heterocycles. The van der Waals surface area contributed by atoms with E-state index < -0.39 is 20.1 Å². The van der Waals surface area contributed by atoms with Gasteiger partial charge in [0.2, 0.25) is 5.91 Å². The van der Waals surface area contributed by atoms with Gasteiger partial charge in [-0.05, 0) is 73.9 Å². The molecular formula is C32H46N2O6Si. The zero-order chi connectivity index (χ0) is 29.7. The van der Waals surface area contributed by atoms with Crippen molar-refractivity contribution < 1.29 is 29.3 Å². The third kappa shape index (κ3) is 7.20. The molecule has 0 unspecified atom stereocenters. The van der Waals surface area contributed by atoms with E-state index in [2.05, 4.69) is 37.5 Å². The number of nitrogens with one attached hydrogen (secondary N) is 1. The van der Waals surface area contributed by atoms with Crippen molar-refractivity contribution in [2.24, 2.45) is 5.92 Å². The summed E-state index contributed by atoms with van der Waals surface area (Å²) in [5.74, 6) is 0.756. The summed E-state index contributed by atoms with van der Waals surface area (Å²) in [6.45, 7) is 9.19. The SMILES string of the molecule is COc1ccc([Si](C)(C)[C@@H]2[C@@H](C)[C@@H](CCc3ccc(NC(=O)[C@H](C)O)cc3)O[C@H]2CC(=O)N2CCC[C@H]2CO)cc1. The van der Waals surface area contributed by atoms with E-state index in [1.165, 1.54) is 12.1 Å². The van der Waals surface area contributed by atoms with Gasteiger partial charge in [0.15, 0.2) is 0 Å². The van der Waals surface area contributed by atoms with E-state index in [0.29, 0.717) is 18.7 Å². The zero-order valence-corrected chi connectivity index (χ0v) is 26.0. The lowest BCUT2D eigenvalue weighted by Gasteiger charge is -2.36. The Morgan fingerprint density at radius 2 is 1.80 bits per heavy atom. The maximum Gasteiger partial charge on any atom is 0.252 e. The van der Waals surface area contributed by atoms with Crippen LogP contribution in [0.3, 0.4) is 0 Å². The molecule has 0 bridgehead atoms. The largest absolute Gasteiger partial charge is 0.497 e. The number of benzene rings is 2. The molecular weight excluding hydrogens is 536 g/mol. The highest BCUT2D eigenvalue weighted by Gasteiger charge is 2.51. The van der Waals surface area contributed by atoms with Gasteiger partial charge in [-0.15, -0.1) is 0 Å². The molecule has 4 rings (SSSR count). The molecule has 2 heterocycles. The first-order valence-electron chi connectivity index (χ1n) is 14.8. The number of hydrogen-bond acceptors (Lipinski definition) is 6. The highest BCUT2D eigenvalue weighted by molar-refractivity contribution is 6.91. The van der Waals surface area contributed by atoms with Gasteiger partial charge in [-0.1, -0.05) is 49.5 Å². The Bertz CT molecular complexity index is 1170. The average molecular weight is 583 g/mol. The lowest BCUT2D eigenvalue weighted by atomic mass is 9.95. The number of nitrogens with zero attached hydrogens (tertiary/aromatic N) is 1. The molecule has 0 saturated carbocycles. The van der Waals surface area contributed by atoms with Gasteiger partial charge in [-0.3, -0.25) is 9.59 Å². The number of aliphatic hydroxyl groups is 2. The summed E-state index contributed by atoms with van der Waals surface area (Å²) in [4.78, 5) is 27.1. The third-order valence-corrected chi connectivity index (χ3v) is 13.6. The molecule has 0 spiro atoms. The van der Waals surface area contributed by atoms with Crippen LogP contribution in [0, 0.1) is 5.92 Å². The Morgan fingerprint density at radius 1 is 1.12 bits per heavy atom. The number of likely N-dealkylation sites (tertiary alicyclic amines) is 1. The predicted molar refractivity (Wildman–Crippen MR) is 163 cm³/mol. The van der Waals surface area contributed by atoms with E-state index >= 15 is 0 Å². The predicted octanol–water partition coefficient (Wildman–Crippen LogP) is 3.71. The summed E-state index contributed by atoms with van der Waals surface area (Å²) in [6.07, 6.45) is 2.55. The van der Waals surface area contributed by atoms with Crippen LogP contribution >= 0.6 is 0 Å². The molecule has 2 fully saturated rings. The van der Waals surface area contributed by atoms with Crippen LogP contribution in [-0.2, 0) is 20.7 Å². The molecule has 224 valence electrons. The van der Waals surface area contributed by atoms with Crippen LogP contribution in [0.5, 0.6) is 5.75 Å². The number of methoxy groups -OCH3 is 1. The van der Waals surface area contributed by atoms with Crippen molar-refractivity contribution in [1.29, 1.82) is 0 Å². The smallest absolute Gasteiger partial charge is 0.252 e. The molecule has 2 aliphatic rings. The second-order valence-corrected chi connectivity index (χ2v) is 16.9. The van der Waals surface area contributed by atoms with Crippen molar-refractivity contribution in [3.8, 4) is 5.75 Å². The summed E-state index contributed by atoms with van der Waals surface area (Å²) < 4.78 is 12.2. The minimum absolute atomic E-state index is 0.00725. The van der Waals surface area contributed by atoms with Crippen molar-refractivity contribution >= 4 is 30.8 Å². The fourth-order valence-corrected chi connectivity index (χ4v) is 10.9. The van der Waals surface area contributed by atoms with E-state index in [-0.39, 0.29) is 42.2 Å². The minimum Gasteiger partial charge on any atom is -0.497 e. The van der Waals surface area contributed by atoms with Crippen LogP contribution < -0.4 is 15.2 Å². The molecule has 2 aromatic rings. The first kappa shape index (κ1) is 31.2. The van der Waals surface area contributed by atoms with Crippen LogP contribution in [0.4, 0.5) is 5.69 Å². The molecule has 9 heteroatoms. The molecule has 3 N–H and O–H groups in total. The summed E-state index contributed by atoms with van der Waals surface area (Å²) in [6, 6.07) is 16.0. The molecule has 6 atom stereocenters. The number of carbonyl (C=O) groups is 2. The van der Waals surface area contributed by atoms with Crippen LogP contribution in [0.1, 0.15) is 45.1 Å². The molecule has 0 aliphatic carbocycles. The summed E-state index contributed by atoms with van der Waals surface area (Å²) in [7, 11) is -0.409. The highest BCUT2D eigenvalue weighted by Crippen LogP contribution is 2.46. The molecule has 41 heavy (non-hydrogen) atoms. The Morgan fingerprint density at radius 3 is 2.41 bits per heavy atom. The number of carbonyl (C=O) groups excluding carboxylic acids is 2. The van der Waals surface area contributed by atoms with Gasteiger partial charge in [0.05, 0.1) is 46.5 Å². The maximum atomic E-state index is 13.5. The molecule has 0 radical (unpaired) electrons. The summed E-state index contributed by atoms with van der Waals surface area (Å²) in [5.41, 5.74) is 2.04. The summed E-state index contributed by atoms with van der Waals surface area (Å²) in [5, 5.41) is 23.3. The monoisotopic (exact) mass is 582 g/mol. The van der Waals surface area contributed by atoms with Gasteiger partial charge >= 0.3 is 0 Å². The van der Waals surface area contributed by atoms with Gasteiger partial charge in [0, 0.05) is 12.2 Å². The van der Waals surface area contributed by atoms with Crippen molar-refractivity contribution in [3.05, 3.63) is 54.1 Å². The van der Waals surface area contributed by atoms with Crippen LogP contribution in [-0.4, -0.2) is 79.6 Å². The topological polar surface area (TPSA) is 108 Å². The first-order valence-corrected chi connectivity index (χ1v) is 17.9. The summed E-state index contributed by atoms with van der Waals surface area (Å²) >= 11 is 0. The molecule has 2 amide bonds. The van der Waals surface area contributed by atoms with Gasteiger partial charge in [-0.2, -0.15) is 0 Å². The Balaban J connectivity index is 1.50. The number of ether oxygens (including phenoxy) is 2. The van der Waals surface area contributed by atoms with Crippen molar-refractivity contribution in [1.82, 2.24) is 4.90 Å². The van der Waals surface area contributed by atoms with Crippen LogP contribution in [0.15, 0.2) is 48.5 Å². The van der Waals surface area contributed by atoms with E-state index in [4.69, 9.17) is 9.47 Å². The quantitative estimate of drug-likeness (QED) is 0.349. The Labute approximate surface area is 245 Å². The molecule has 0 aromatic heterocycles. The number of anilines is 1. The van der Waals surface area contributed by atoms with E-state index in [1.807, 2.05) is 41.3 Å². The zero-order valence-electron chi connectivity index (χ0n) is 25.0. The number of amides is 2. The molecule has 8 nitrogen and oxygen atoms in total. The van der Waals surface area contributed by atoms with Crippen molar-refractivity contribution in [2.75, 3.05) is 25.6 Å². The lowest BCUT2D eigenvalue weighted by molar-refractivity contribution is -0.135.